The summed E-state index contributed by atoms with van der Waals surface area (Å²) >= 11 is 0. The lowest BCUT2D eigenvalue weighted by atomic mass is 9.73. The average molecular weight is 504 g/mol. The third-order valence-electron chi connectivity index (χ3n) is 9.04. The highest BCUT2D eigenvalue weighted by molar-refractivity contribution is 7.89. The molecular weight excluding hydrogens is 466 g/mol. The molecule has 0 saturated carbocycles. The third-order valence-corrected chi connectivity index (χ3v) is 10.8. The van der Waals surface area contributed by atoms with Gasteiger partial charge >= 0.3 is 0 Å². The van der Waals surface area contributed by atoms with Crippen LogP contribution in [0.4, 0.5) is 0 Å². The number of pyridine rings is 1. The molecule has 6 rings (SSSR count). The van der Waals surface area contributed by atoms with Gasteiger partial charge in [0.1, 0.15) is 0 Å². The summed E-state index contributed by atoms with van der Waals surface area (Å²) in [6.07, 6.45) is 5.97. The van der Waals surface area contributed by atoms with E-state index in [4.69, 9.17) is 0 Å². The maximum Gasteiger partial charge on any atom is 0.241 e. The van der Waals surface area contributed by atoms with E-state index in [-0.39, 0.29) is 12.1 Å². The molecule has 3 saturated heterocycles. The Hall–Kier alpha value is -2.54. The van der Waals surface area contributed by atoms with Crippen LogP contribution in [-0.4, -0.2) is 37.4 Å². The van der Waals surface area contributed by atoms with Crippen molar-refractivity contribution in [1.29, 1.82) is 0 Å². The summed E-state index contributed by atoms with van der Waals surface area (Å²) in [4.78, 5) is 7.45. The number of benzene rings is 2. The van der Waals surface area contributed by atoms with E-state index in [0.717, 1.165) is 70.2 Å². The number of piperidine rings is 3. The summed E-state index contributed by atoms with van der Waals surface area (Å²) in [5.41, 5.74) is 6.78. The Labute approximate surface area is 215 Å². The van der Waals surface area contributed by atoms with Gasteiger partial charge < -0.3 is 0 Å². The second-order valence-electron chi connectivity index (χ2n) is 10.7. The van der Waals surface area contributed by atoms with Crippen LogP contribution in [0.2, 0.25) is 0 Å². The van der Waals surface area contributed by atoms with E-state index in [9.17, 15) is 8.42 Å². The average Bonchev–Trinajstić information content (AvgIpc) is 2.89. The molecule has 1 aromatic heterocycles. The quantitative estimate of drug-likeness (QED) is 0.439. The summed E-state index contributed by atoms with van der Waals surface area (Å²) < 4.78 is 31.7. The molecule has 2 bridgehead atoms. The zero-order chi connectivity index (χ0) is 25.8. The number of hydrogen-bond acceptors (Lipinski definition) is 4. The maximum absolute atomic E-state index is 14.2. The first kappa shape index (κ1) is 25.1. The minimum Gasteiger partial charge on any atom is -0.298 e. The number of rotatable bonds is 6. The first-order valence-electron chi connectivity index (χ1n) is 12.9. The molecule has 5 atom stereocenters. The van der Waals surface area contributed by atoms with E-state index in [0.29, 0.717) is 16.7 Å². The van der Waals surface area contributed by atoms with Crippen LogP contribution in [0.1, 0.15) is 52.3 Å². The van der Waals surface area contributed by atoms with Crippen molar-refractivity contribution in [3.63, 3.8) is 0 Å². The van der Waals surface area contributed by atoms with Gasteiger partial charge in [-0.15, -0.1) is 6.58 Å². The molecule has 2 aromatic carbocycles. The number of nitrogens with zero attached hydrogens (tertiary/aromatic N) is 2. The standard InChI is InChI=1S/C30H37N3O2S/c1-7-23-17-33-15-13-24(23)16-28(33)29(26-12-14-31-27-11-9-8-10-25(26)27)32-36(34,35)30-21(5)19(3)18(2)20(4)22(30)6/h7-12,14,23-24,28-29,32H,1,13,15-17H2,2-6H3/t23?,24?,28?,29-/m0/s1. The summed E-state index contributed by atoms with van der Waals surface area (Å²) in [7, 11) is -3.80. The molecule has 4 unspecified atom stereocenters. The normalized spacial score (nSPS) is 24.7. The van der Waals surface area contributed by atoms with Gasteiger partial charge in [0.15, 0.2) is 0 Å². The Balaban J connectivity index is 1.65. The van der Waals surface area contributed by atoms with Crippen LogP contribution in [0.25, 0.3) is 10.9 Å². The van der Waals surface area contributed by atoms with Crippen molar-refractivity contribution in [1.82, 2.24) is 14.6 Å². The van der Waals surface area contributed by atoms with Crippen molar-refractivity contribution < 1.29 is 8.42 Å². The van der Waals surface area contributed by atoms with Crippen LogP contribution in [0.5, 0.6) is 0 Å². The van der Waals surface area contributed by atoms with Crippen LogP contribution >= 0.6 is 0 Å². The second-order valence-corrected chi connectivity index (χ2v) is 12.4. The zero-order valence-corrected chi connectivity index (χ0v) is 22.8. The van der Waals surface area contributed by atoms with Crippen molar-refractivity contribution in [3.8, 4) is 0 Å². The van der Waals surface area contributed by atoms with Crippen molar-refractivity contribution in [3.05, 3.63) is 82.6 Å². The van der Waals surface area contributed by atoms with Crippen molar-refractivity contribution in [2.24, 2.45) is 11.8 Å². The fourth-order valence-electron chi connectivity index (χ4n) is 6.56. The molecule has 36 heavy (non-hydrogen) atoms. The molecule has 3 aromatic rings. The number of para-hydroxylation sites is 1. The van der Waals surface area contributed by atoms with Gasteiger partial charge in [0.05, 0.1) is 16.5 Å². The van der Waals surface area contributed by atoms with E-state index in [1.807, 2.05) is 52.0 Å². The summed E-state index contributed by atoms with van der Waals surface area (Å²) in [6.45, 7) is 16.0. The van der Waals surface area contributed by atoms with Crippen LogP contribution < -0.4 is 4.72 Å². The van der Waals surface area contributed by atoms with Gasteiger partial charge in [-0.3, -0.25) is 9.88 Å². The lowest BCUT2D eigenvalue weighted by molar-refractivity contribution is 0.00490. The lowest BCUT2D eigenvalue weighted by Crippen LogP contribution is -2.57. The Morgan fingerprint density at radius 1 is 1.03 bits per heavy atom. The largest absolute Gasteiger partial charge is 0.298 e. The summed E-state index contributed by atoms with van der Waals surface area (Å²) in [6, 6.07) is 9.72. The van der Waals surface area contributed by atoms with Crippen LogP contribution in [0, 0.1) is 46.5 Å². The summed E-state index contributed by atoms with van der Waals surface area (Å²) in [5.74, 6) is 0.998. The number of fused-ring (bicyclic) bond motifs is 4. The van der Waals surface area contributed by atoms with Gasteiger partial charge in [0.25, 0.3) is 0 Å². The fourth-order valence-corrected chi connectivity index (χ4v) is 8.41. The topological polar surface area (TPSA) is 62.3 Å². The van der Waals surface area contributed by atoms with E-state index in [1.165, 1.54) is 0 Å². The van der Waals surface area contributed by atoms with Crippen LogP contribution in [0.3, 0.4) is 0 Å². The number of nitrogens with one attached hydrogen (secondary N) is 1. The Bertz CT molecular complexity index is 1410. The van der Waals surface area contributed by atoms with Crippen molar-refractivity contribution in [2.75, 3.05) is 13.1 Å². The molecule has 0 radical (unpaired) electrons. The Morgan fingerprint density at radius 2 is 1.69 bits per heavy atom. The first-order valence-corrected chi connectivity index (χ1v) is 14.4. The fraction of sp³-hybridized carbons (Fsp3) is 0.433. The minimum atomic E-state index is -3.80. The number of sulfonamides is 1. The van der Waals surface area contributed by atoms with Gasteiger partial charge in [0.2, 0.25) is 10.0 Å². The molecule has 0 spiro atoms. The number of hydrogen-bond donors (Lipinski definition) is 1. The highest BCUT2D eigenvalue weighted by atomic mass is 32.2. The molecule has 0 amide bonds. The van der Waals surface area contributed by atoms with Crippen molar-refractivity contribution in [2.45, 2.75) is 64.4 Å². The van der Waals surface area contributed by atoms with E-state index >= 15 is 0 Å². The molecule has 4 heterocycles. The Kier molecular flexibility index (Phi) is 6.56. The zero-order valence-electron chi connectivity index (χ0n) is 22.0. The molecular formula is C30H37N3O2S. The molecule has 1 N–H and O–H groups in total. The highest BCUT2D eigenvalue weighted by Crippen LogP contribution is 2.43. The van der Waals surface area contributed by atoms with E-state index in [2.05, 4.69) is 40.3 Å². The molecule has 190 valence electrons. The number of aromatic nitrogens is 1. The predicted octanol–water partition coefficient (Wildman–Crippen LogP) is 5.69. The molecule has 6 heteroatoms. The van der Waals surface area contributed by atoms with Crippen LogP contribution in [-0.2, 0) is 10.0 Å². The first-order chi connectivity index (χ1) is 17.1. The van der Waals surface area contributed by atoms with Crippen LogP contribution in [0.15, 0.2) is 54.1 Å². The van der Waals surface area contributed by atoms with Gasteiger partial charge in [-0.2, -0.15) is 0 Å². The Morgan fingerprint density at radius 3 is 2.33 bits per heavy atom. The van der Waals surface area contributed by atoms with Gasteiger partial charge in [-0.25, -0.2) is 13.1 Å². The van der Waals surface area contributed by atoms with Crippen molar-refractivity contribution >= 4 is 20.9 Å². The molecule has 0 aliphatic carbocycles. The van der Waals surface area contributed by atoms with E-state index < -0.39 is 10.0 Å². The SMILES string of the molecule is C=CC1CN2CCC1CC2[C@@H](NS(=O)(=O)c1c(C)c(C)c(C)c(C)c1C)c1ccnc2ccccc12. The molecule has 5 nitrogen and oxygen atoms in total. The molecule has 3 aliphatic rings. The van der Waals surface area contributed by atoms with Gasteiger partial charge in [-0.05, 0) is 111 Å². The summed E-state index contributed by atoms with van der Waals surface area (Å²) in [5, 5.41) is 1.00. The third kappa shape index (κ3) is 4.09. The van der Waals surface area contributed by atoms with Gasteiger partial charge in [0, 0.05) is 24.2 Å². The maximum atomic E-state index is 14.2. The smallest absolute Gasteiger partial charge is 0.241 e. The minimum absolute atomic E-state index is 0.0776. The lowest BCUT2D eigenvalue weighted by Gasteiger charge is -2.51. The molecule has 3 aliphatic heterocycles. The highest BCUT2D eigenvalue weighted by Gasteiger charge is 2.44. The second kappa shape index (κ2) is 9.40. The molecule has 3 fully saturated rings. The predicted molar refractivity (Wildman–Crippen MR) is 147 cm³/mol. The van der Waals surface area contributed by atoms with E-state index in [1.54, 1.807) is 6.20 Å². The van der Waals surface area contributed by atoms with Gasteiger partial charge in [-0.1, -0.05) is 24.3 Å². The monoisotopic (exact) mass is 503 g/mol.